The van der Waals surface area contributed by atoms with Crippen molar-refractivity contribution in [1.82, 2.24) is 15.0 Å². The van der Waals surface area contributed by atoms with Crippen molar-refractivity contribution < 1.29 is 5.11 Å². The van der Waals surface area contributed by atoms with Gasteiger partial charge in [-0.3, -0.25) is 4.98 Å². The number of benzene rings is 1. The molecule has 140 valence electrons. The predicted molar refractivity (Wildman–Crippen MR) is 109 cm³/mol. The number of nitrogens with two attached hydrogens (primary N) is 1. The molecule has 0 saturated heterocycles. The standard InChI is InChI=1S/C21H25N5O/c1-4-17(22)13-26(3)20-10-14(2)24-21(25-20)18-11-15(7-8-19(18)27)16-6-5-9-23-12-16/h5-12,17,27H,4,13,22H2,1-3H3/t17-/m1/s1. The summed E-state index contributed by atoms with van der Waals surface area (Å²) >= 11 is 0. The van der Waals surface area contributed by atoms with Gasteiger partial charge in [-0.05, 0) is 37.1 Å². The predicted octanol–water partition coefficient (Wildman–Crippen LogP) is 3.39. The molecule has 0 spiro atoms. The van der Waals surface area contributed by atoms with E-state index in [0.29, 0.717) is 17.9 Å². The second-order valence-corrected chi connectivity index (χ2v) is 6.71. The van der Waals surface area contributed by atoms with Gasteiger partial charge in [0.25, 0.3) is 0 Å². The number of nitrogens with zero attached hydrogens (tertiary/aromatic N) is 4. The molecule has 3 aromatic rings. The molecule has 2 aromatic heterocycles. The first-order valence-electron chi connectivity index (χ1n) is 9.04. The maximum Gasteiger partial charge on any atom is 0.165 e. The fourth-order valence-corrected chi connectivity index (χ4v) is 2.87. The van der Waals surface area contributed by atoms with Crippen molar-refractivity contribution in [2.75, 3.05) is 18.5 Å². The molecule has 0 fully saturated rings. The average molecular weight is 363 g/mol. The molecule has 2 heterocycles. The van der Waals surface area contributed by atoms with Crippen molar-refractivity contribution in [3.63, 3.8) is 0 Å². The smallest absolute Gasteiger partial charge is 0.165 e. The van der Waals surface area contributed by atoms with Crippen molar-refractivity contribution in [2.45, 2.75) is 26.3 Å². The van der Waals surface area contributed by atoms with E-state index in [2.05, 4.69) is 21.9 Å². The van der Waals surface area contributed by atoms with E-state index < -0.39 is 0 Å². The van der Waals surface area contributed by atoms with Gasteiger partial charge < -0.3 is 15.7 Å². The highest BCUT2D eigenvalue weighted by atomic mass is 16.3. The number of aryl methyl sites for hydroxylation is 1. The fraction of sp³-hybridized carbons (Fsp3) is 0.286. The van der Waals surface area contributed by atoms with Crippen LogP contribution in [0.15, 0.2) is 48.8 Å². The molecular weight excluding hydrogens is 338 g/mol. The Morgan fingerprint density at radius 3 is 2.67 bits per heavy atom. The topological polar surface area (TPSA) is 88.2 Å². The third-order valence-electron chi connectivity index (χ3n) is 4.50. The van der Waals surface area contributed by atoms with Crippen LogP contribution in [0.4, 0.5) is 5.82 Å². The lowest BCUT2D eigenvalue weighted by molar-refractivity contribution is 0.477. The highest BCUT2D eigenvalue weighted by Crippen LogP contribution is 2.32. The minimum Gasteiger partial charge on any atom is -0.507 e. The quantitative estimate of drug-likeness (QED) is 0.698. The number of likely N-dealkylation sites (N-methyl/N-ethyl adjacent to an activating group) is 1. The monoisotopic (exact) mass is 363 g/mol. The number of hydrogen-bond acceptors (Lipinski definition) is 6. The molecule has 6 heteroatoms. The highest BCUT2D eigenvalue weighted by Gasteiger charge is 2.14. The summed E-state index contributed by atoms with van der Waals surface area (Å²) in [4.78, 5) is 15.4. The summed E-state index contributed by atoms with van der Waals surface area (Å²) in [5.74, 6) is 1.42. The van der Waals surface area contributed by atoms with Crippen molar-refractivity contribution in [3.8, 4) is 28.3 Å². The first-order valence-corrected chi connectivity index (χ1v) is 9.04. The van der Waals surface area contributed by atoms with Gasteiger partial charge in [0.2, 0.25) is 0 Å². The first kappa shape index (κ1) is 18.8. The summed E-state index contributed by atoms with van der Waals surface area (Å²) < 4.78 is 0. The minimum atomic E-state index is 0.0797. The van der Waals surface area contributed by atoms with Crippen LogP contribution in [0.25, 0.3) is 22.5 Å². The summed E-state index contributed by atoms with van der Waals surface area (Å²) in [5, 5.41) is 10.4. The van der Waals surface area contributed by atoms with E-state index >= 15 is 0 Å². The lowest BCUT2D eigenvalue weighted by Crippen LogP contribution is -2.35. The molecule has 27 heavy (non-hydrogen) atoms. The third-order valence-corrected chi connectivity index (χ3v) is 4.50. The molecule has 0 unspecified atom stereocenters. The van der Waals surface area contributed by atoms with Crippen LogP contribution in [0.5, 0.6) is 5.75 Å². The van der Waals surface area contributed by atoms with E-state index in [4.69, 9.17) is 5.73 Å². The molecule has 3 rings (SSSR count). The summed E-state index contributed by atoms with van der Waals surface area (Å²) in [6, 6.07) is 11.3. The number of phenols is 1. The van der Waals surface area contributed by atoms with E-state index in [-0.39, 0.29) is 11.8 Å². The van der Waals surface area contributed by atoms with Crippen molar-refractivity contribution in [3.05, 3.63) is 54.5 Å². The zero-order valence-corrected chi connectivity index (χ0v) is 15.9. The summed E-state index contributed by atoms with van der Waals surface area (Å²) in [7, 11) is 1.97. The maximum absolute atomic E-state index is 10.4. The molecular formula is C21H25N5O. The van der Waals surface area contributed by atoms with Crippen molar-refractivity contribution >= 4 is 5.82 Å². The van der Waals surface area contributed by atoms with E-state index in [1.807, 2.05) is 49.2 Å². The Morgan fingerprint density at radius 2 is 1.96 bits per heavy atom. The SMILES string of the molecule is CC[C@@H](N)CN(C)c1cc(C)nc(-c2cc(-c3cccnc3)ccc2O)n1. The van der Waals surface area contributed by atoms with Crippen LogP contribution in [0.1, 0.15) is 19.0 Å². The molecule has 0 aliphatic heterocycles. The summed E-state index contributed by atoms with van der Waals surface area (Å²) in [6.07, 6.45) is 4.42. The van der Waals surface area contributed by atoms with Gasteiger partial charge in [0, 0.05) is 49.4 Å². The van der Waals surface area contributed by atoms with Gasteiger partial charge in [-0.25, -0.2) is 9.97 Å². The molecule has 0 radical (unpaired) electrons. The third kappa shape index (κ3) is 4.41. The van der Waals surface area contributed by atoms with Crippen LogP contribution in [0.2, 0.25) is 0 Å². The number of anilines is 1. The van der Waals surface area contributed by atoms with Crippen LogP contribution >= 0.6 is 0 Å². The van der Waals surface area contributed by atoms with Gasteiger partial charge in [-0.2, -0.15) is 0 Å². The van der Waals surface area contributed by atoms with Gasteiger partial charge in [-0.15, -0.1) is 0 Å². The van der Waals surface area contributed by atoms with Gasteiger partial charge in [-0.1, -0.05) is 19.1 Å². The normalized spacial score (nSPS) is 12.0. The number of phenolic OH excluding ortho intramolecular Hbond substituents is 1. The van der Waals surface area contributed by atoms with Gasteiger partial charge in [0.15, 0.2) is 5.82 Å². The Morgan fingerprint density at radius 1 is 1.15 bits per heavy atom. The fourth-order valence-electron chi connectivity index (χ4n) is 2.87. The largest absolute Gasteiger partial charge is 0.507 e. The molecule has 1 atom stereocenters. The second-order valence-electron chi connectivity index (χ2n) is 6.71. The summed E-state index contributed by atoms with van der Waals surface area (Å²) in [6.45, 7) is 4.69. The number of hydrogen-bond donors (Lipinski definition) is 2. The Bertz CT molecular complexity index is 914. The van der Waals surface area contributed by atoms with E-state index in [1.165, 1.54) is 0 Å². The number of pyridine rings is 1. The van der Waals surface area contributed by atoms with Crippen LogP contribution < -0.4 is 10.6 Å². The van der Waals surface area contributed by atoms with Gasteiger partial charge in [0.1, 0.15) is 11.6 Å². The van der Waals surface area contributed by atoms with Crippen LogP contribution in [0.3, 0.4) is 0 Å². The Hall–Kier alpha value is -2.99. The average Bonchev–Trinajstić information content (AvgIpc) is 2.68. The maximum atomic E-state index is 10.4. The van der Waals surface area contributed by atoms with Gasteiger partial charge >= 0.3 is 0 Å². The van der Waals surface area contributed by atoms with Crippen molar-refractivity contribution in [1.29, 1.82) is 0 Å². The zero-order chi connectivity index (χ0) is 19.4. The minimum absolute atomic E-state index is 0.0797. The Labute approximate surface area is 159 Å². The Kier molecular flexibility index (Phi) is 5.66. The zero-order valence-electron chi connectivity index (χ0n) is 15.9. The number of rotatable bonds is 6. The lowest BCUT2D eigenvalue weighted by Gasteiger charge is -2.22. The van der Waals surface area contributed by atoms with E-state index in [1.54, 1.807) is 18.5 Å². The van der Waals surface area contributed by atoms with E-state index in [0.717, 1.165) is 29.1 Å². The number of aromatic hydroxyl groups is 1. The first-order chi connectivity index (χ1) is 13.0. The molecule has 0 aliphatic carbocycles. The molecule has 3 N–H and O–H groups in total. The molecule has 0 aliphatic rings. The molecule has 1 aromatic carbocycles. The highest BCUT2D eigenvalue weighted by molar-refractivity contribution is 5.74. The van der Waals surface area contributed by atoms with Crippen molar-refractivity contribution in [2.24, 2.45) is 5.73 Å². The lowest BCUT2D eigenvalue weighted by atomic mass is 10.0. The number of aromatic nitrogens is 3. The Balaban J connectivity index is 2.01. The molecule has 0 amide bonds. The van der Waals surface area contributed by atoms with Crippen LogP contribution in [-0.2, 0) is 0 Å². The van der Waals surface area contributed by atoms with Gasteiger partial charge in [0.05, 0.1) is 5.56 Å². The van der Waals surface area contributed by atoms with Crippen LogP contribution in [-0.4, -0.2) is 39.7 Å². The molecule has 0 bridgehead atoms. The summed E-state index contributed by atoms with van der Waals surface area (Å²) in [5.41, 5.74) is 9.42. The molecule has 0 saturated carbocycles. The molecule has 6 nitrogen and oxygen atoms in total. The second kappa shape index (κ2) is 8.14. The van der Waals surface area contributed by atoms with Crippen LogP contribution in [0, 0.1) is 6.92 Å². The van der Waals surface area contributed by atoms with E-state index in [9.17, 15) is 5.11 Å².